The Morgan fingerprint density at radius 2 is 2.00 bits per heavy atom. The lowest BCUT2D eigenvalue weighted by molar-refractivity contribution is -0.113. The molecule has 1 aliphatic rings. The summed E-state index contributed by atoms with van der Waals surface area (Å²) in [7, 11) is 0. The van der Waals surface area contributed by atoms with Gasteiger partial charge in [-0.2, -0.15) is 5.26 Å². The molecule has 2 heterocycles. The highest BCUT2D eigenvalue weighted by molar-refractivity contribution is 8.23. The third-order valence-corrected chi connectivity index (χ3v) is 7.55. The lowest BCUT2D eigenvalue weighted by atomic mass is 9.81. The standard InChI is InChI=1S/C19H28N4OS3/c1-7-23(8-2)17(25)26-11-14(24)21-16-13(10-20)12-9-18(3,4)22-19(5,6)15(12)27-16/h22H,7-9,11H2,1-6H3,(H,21,24). The molecule has 0 bridgehead atoms. The van der Waals surface area contributed by atoms with Crippen LogP contribution in [0.5, 0.6) is 0 Å². The predicted octanol–water partition coefficient (Wildman–Crippen LogP) is 4.08. The van der Waals surface area contributed by atoms with Crippen LogP contribution >= 0.6 is 35.3 Å². The van der Waals surface area contributed by atoms with Crippen molar-refractivity contribution in [1.29, 1.82) is 5.26 Å². The highest BCUT2D eigenvalue weighted by atomic mass is 32.2. The summed E-state index contributed by atoms with van der Waals surface area (Å²) in [5.74, 6) is 0.116. The molecule has 2 rings (SSSR count). The van der Waals surface area contributed by atoms with Crippen molar-refractivity contribution in [1.82, 2.24) is 10.2 Å². The molecule has 1 aromatic heterocycles. The Hall–Kier alpha value is -1.14. The normalized spacial score (nSPS) is 16.9. The van der Waals surface area contributed by atoms with Crippen LogP contribution in [0.3, 0.4) is 0 Å². The molecular weight excluding hydrogens is 396 g/mol. The topological polar surface area (TPSA) is 68.2 Å². The molecular formula is C19H28N4OS3. The van der Waals surface area contributed by atoms with Crippen molar-refractivity contribution >= 4 is 50.5 Å². The van der Waals surface area contributed by atoms with Crippen molar-refractivity contribution in [3.63, 3.8) is 0 Å². The quantitative estimate of drug-likeness (QED) is 0.694. The maximum absolute atomic E-state index is 12.5. The molecule has 0 fully saturated rings. The molecule has 27 heavy (non-hydrogen) atoms. The number of fused-ring (bicyclic) bond motifs is 1. The molecule has 1 aliphatic heterocycles. The minimum Gasteiger partial charge on any atom is -0.358 e. The summed E-state index contributed by atoms with van der Waals surface area (Å²) in [6.45, 7) is 14.3. The zero-order chi connectivity index (χ0) is 20.4. The number of nitriles is 1. The summed E-state index contributed by atoms with van der Waals surface area (Å²) in [6.07, 6.45) is 0.766. The van der Waals surface area contributed by atoms with Gasteiger partial charge in [-0.25, -0.2) is 0 Å². The minimum absolute atomic E-state index is 0.101. The van der Waals surface area contributed by atoms with E-state index in [1.54, 1.807) is 0 Å². The average molecular weight is 425 g/mol. The molecule has 0 atom stereocenters. The van der Waals surface area contributed by atoms with E-state index in [1.807, 2.05) is 18.7 Å². The van der Waals surface area contributed by atoms with Gasteiger partial charge in [-0.3, -0.25) is 4.79 Å². The van der Waals surface area contributed by atoms with Crippen molar-refractivity contribution < 1.29 is 4.79 Å². The van der Waals surface area contributed by atoms with E-state index in [0.717, 1.165) is 34.3 Å². The summed E-state index contributed by atoms with van der Waals surface area (Å²) in [5.41, 5.74) is 1.31. The Kier molecular flexibility index (Phi) is 6.96. The Bertz CT molecular complexity index is 773. The van der Waals surface area contributed by atoms with Gasteiger partial charge in [0.15, 0.2) is 0 Å². The third-order valence-electron chi connectivity index (χ3n) is 4.56. The van der Waals surface area contributed by atoms with E-state index >= 15 is 0 Å². The molecule has 8 heteroatoms. The lowest BCUT2D eigenvalue weighted by Gasteiger charge is -2.42. The van der Waals surface area contributed by atoms with Crippen LogP contribution in [-0.2, 0) is 16.8 Å². The van der Waals surface area contributed by atoms with Gasteiger partial charge in [0.1, 0.15) is 15.4 Å². The van der Waals surface area contributed by atoms with Crippen LogP contribution in [0.1, 0.15) is 57.5 Å². The number of hydrogen-bond donors (Lipinski definition) is 2. The first-order chi connectivity index (χ1) is 12.5. The maximum Gasteiger partial charge on any atom is 0.235 e. The molecule has 0 aromatic carbocycles. The first-order valence-electron chi connectivity index (χ1n) is 9.11. The fourth-order valence-corrected chi connectivity index (χ4v) is 6.04. The second kappa shape index (κ2) is 8.48. The van der Waals surface area contributed by atoms with E-state index in [2.05, 4.69) is 44.4 Å². The van der Waals surface area contributed by atoms with E-state index in [-0.39, 0.29) is 22.7 Å². The van der Waals surface area contributed by atoms with Gasteiger partial charge in [-0.15, -0.1) is 11.3 Å². The first kappa shape index (κ1) is 22.2. The predicted molar refractivity (Wildman–Crippen MR) is 120 cm³/mol. The van der Waals surface area contributed by atoms with Crippen LogP contribution in [0.4, 0.5) is 5.00 Å². The Morgan fingerprint density at radius 1 is 1.37 bits per heavy atom. The number of nitrogens with zero attached hydrogens (tertiary/aromatic N) is 2. The van der Waals surface area contributed by atoms with Crippen molar-refractivity contribution in [2.24, 2.45) is 0 Å². The molecule has 0 radical (unpaired) electrons. The Morgan fingerprint density at radius 3 is 2.56 bits per heavy atom. The van der Waals surface area contributed by atoms with Crippen LogP contribution in [0.15, 0.2) is 0 Å². The Labute approximate surface area is 175 Å². The molecule has 2 N–H and O–H groups in total. The molecule has 1 aromatic rings. The average Bonchev–Trinajstić information content (AvgIpc) is 2.90. The maximum atomic E-state index is 12.5. The minimum atomic E-state index is -0.241. The van der Waals surface area contributed by atoms with Crippen molar-refractivity contribution in [3.05, 3.63) is 16.0 Å². The fourth-order valence-electron chi connectivity index (χ4n) is 3.60. The van der Waals surface area contributed by atoms with E-state index in [0.29, 0.717) is 10.6 Å². The highest BCUT2D eigenvalue weighted by Gasteiger charge is 2.40. The number of thiocarbonyl (C=S) groups is 1. The van der Waals surface area contributed by atoms with E-state index < -0.39 is 0 Å². The van der Waals surface area contributed by atoms with E-state index in [1.165, 1.54) is 23.1 Å². The van der Waals surface area contributed by atoms with Gasteiger partial charge in [-0.1, -0.05) is 24.0 Å². The van der Waals surface area contributed by atoms with Gasteiger partial charge in [0.25, 0.3) is 0 Å². The number of thioether (sulfide) groups is 1. The largest absolute Gasteiger partial charge is 0.358 e. The van der Waals surface area contributed by atoms with Crippen molar-refractivity contribution in [3.8, 4) is 6.07 Å². The zero-order valence-corrected chi connectivity index (χ0v) is 19.3. The third kappa shape index (κ3) is 5.02. The van der Waals surface area contributed by atoms with Crippen LogP contribution in [-0.4, -0.2) is 39.5 Å². The number of anilines is 1. The van der Waals surface area contributed by atoms with Crippen molar-refractivity contribution in [2.45, 2.75) is 59.0 Å². The van der Waals surface area contributed by atoms with Gasteiger partial charge in [0.2, 0.25) is 5.91 Å². The molecule has 0 unspecified atom stereocenters. The molecule has 0 aliphatic carbocycles. The second-order valence-corrected chi connectivity index (χ2v) is 10.4. The van der Waals surface area contributed by atoms with Gasteiger partial charge in [-0.05, 0) is 53.5 Å². The van der Waals surface area contributed by atoms with Crippen LogP contribution < -0.4 is 10.6 Å². The summed E-state index contributed by atoms with van der Waals surface area (Å²) in [4.78, 5) is 15.6. The number of nitrogens with one attached hydrogen (secondary N) is 2. The summed E-state index contributed by atoms with van der Waals surface area (Å²) in [5, 5.41) is 16.9. The highest BCUT2D eigenvalue weighted by Crippen LogP contribution is 2.44. The molecule has 0 saturated heterocycles. The molecule has 5 nitrogen and oxygen atoms in total. The Balaban J connectivity index is 2.17. The van der Waals surface area contributed by atoms with E-state index in [4.69, 9.17) is 12.2 Å². The number of carbonyl (C=O) groups excluding carboxylic acids is 1. The second-order valence-electron chi connectivity index (χ2n) is 7.81. The lowest BCUT2D eigenvalue weighted by Crippen LogP contribution is -2.54. The summed E-state index contributed by atoms with van der Waals surface area (Å²) in [6, 6.07) is 2.31. The fraction of sp³-hybridized carbons (Fsp3) is 0.632. The van der Waals surface area contributed by atoms with Gasteiger partial charge < -0.3 is 15.5 Å². The summed E-state index contributed by atoms with van der Waals surface area (Å²) < 4.78 is 0.730. The van der Waals surface area contributed by atoms with Gasteiger partial charge in [0.05, 0.1) is 11.3 Å². The number of rotatable bonds is 5. The van der Waals surface area contributed by atoms with Gasteiger partial charge in [0, 0.05) is 29.0 Å². The zero-order valence-electron chi connectivity index (χ0n) is 16.9. The van der Waals surface area contributed by atoms with Crippen LogP contribution in [0.25, 0.3) is 0 Å². The van der Waals surface area contributed by atoms with Gasteiger partial charge >= 0.3 is 0 Å². The number of hydrogen-bond acceptors (Lipinski definition) is 6. The summed E-state index contributed by atoms with van der Waals surface area (Å²) >= 11 is 8.25. The molecule has 1 amide bonds. The molecule has 0 saturated carbocycles. The number of amides is 1. The van der Waals surface area contributed by atoms with Crippen LogP contribution in [0.2, 0.25) is 0 Å². The SMILES string of the molecule is CCN(CC)C(=S)SCC(=O)Nc1sc2c(c1C#N)CC(C)(C)NC2(C)C. The van der Waals surface area contributed by atoms with Crippen molar-refractivity contribution in [2.75, 3.05) is 24.2 Å². The van der Waals surface area contributed by atoms with E-state index in [9.17, 15) is 10.1 Å². The first-order valence-corrected chi connectivity index (χ1v) is 11.3. The molecule has 148 valence electrons. The molecule has 0 spiro atoms. The number of carbonyl (C=O) groups is 1. The number of thiophene rings is 1. The van der Waals surface area contributed by atoms with Crippen LogP contribution in [0, 0.1) is 11.3 Å². The monoisotopic (exact) mass is 424 g/mol. The smallest absolute Gasteiger partial charge is 0.235 e.